The number of unbranched alkanes of at least 4 members (excludes halogenated alkanes) is 1. The Morgan fingerprint density at radius 2 is 2.08 bits per heavy atom. The second-order valence-corrected chi connectivity index (χ2v) is 3.75. The zero-order chi connectivity index (χ0) is 10.1. The molecular weight excluding hydrogens is 160 g/mol. The molecule has 0 amide bonds. The Morgan fingerprint density at radius 3 is 2.62 bits per heavy atom. The number of hydrogen-bond acceptors (Lipinski definition) is 1. The average Bonchev–Trinajstić information content (AvgIpc) is 2.03. The highest BCUT2D eigenvalue weighted by atomic mass is 16.5. The lowest BCUT2D eigenvalue weighted by Crippen LogP contribution is -1.94. The third-order valence-corrected chi connectivity index (χ3v) is 1.86. The molecule has 0 aromatic heterocycles. The molecular formula is C12H22O. The van der Waals surface area contributed by atoms with Crippen molar-refractivity contribution in [2.24, 2.45) is 5.92 Å². The van der Waals surface area contributed by atoms with Crippen LogP contribution in [-0.2, 0) is 4.74 Å². The van der Waals surface area contributed by atoms with Crippen molar-refractivity contribution in [3.8, 4) is 0 Å². The van der Waals surface area contributed by atoms with Crippen LogP contribution in [0.3, 0.4) is 0 Å². The van der Waals surface area contributed by atoms with E-state index in [9.17, 15) is 0 Å². The molecule has 0 atom stereocenters. The molecule has 0 spiro atoms. The predicted molar refractivity (Wildman–Crippen MR) is 58.6 cm³/mol. The Hall–Kier alpha value is -0.720. The minimum atomic E-state index is 0.810. The van der Waals surface area contributed by atoms with Gasteiger partial charge in [-0.2, -0.15) is 0 Å². The van der Waals surface area contributed by atoms with E-state index in [1.165, 1.54) is 12.8 Å². The molecule has 1 heteroatoms. The molecule has 0 N–H and O–H groups in total. The number of hydrogen-bond donors (Lipinski definition) is 0. The van der Waals surface area contributed by atoms with Crippen molar-refractivity contribution in [2.75, 3.05) is 6.61 Å². The predicted octanol–water partition coefficient (Wildman–Crippen LogP) is 3.92. The first-order chi connectivity index (χ1) is 6.16. The molecule has 0 fully saturated rings. The highest BCUT2D eigenvalue weighted by Crippen LogP contribution is 2.07. The van der Waals surface area contributed by atoms with Crippen LogP contribution in [0.15, 0.2) is 24.5 Å². The van der Waals surface area contributed by atoms with Gasteiger partial charge in [0.05, 0.1) is 12.4 Å². The van der Waals surface area contributed by atoms with Crippen molar-refractivity contribution in [3.63, 3.8) is 0 Å². The molecule has 1 nitrogen and oxygen atoms in total. The van der Waals surface area contributed by atoms with Crippen molar-refractivity contribution in [2.45, 2.75) is 40.0 Å². The van der Waals surface area contributed by atoms with Gasteiger partial charge >= 0.3 is 0 Å². The molecule has 0 heterocycles. The molecule has 0 saturated carbocycles. The minimum Gasteiger partial charge on any atom is -0.498 e. The lowest BCUT2D eigenvalue weighted by atomic mass is 10.1. The van der Waals surface area contributed by atoms with Gasteiger partial charge in [-0.15, -0.1) is 0 Å². The smallest absolute Gasteiger partial charge is 0.0928 e. The van der Waals surface area contributed by atoms with Gasteiger partial charge in [-0.05, 0) is 31.8 Å². The summed E-state index contributed by atoms with van der Waals surface area (Å²) in [6.45, 7) is 10.9. The van der Waals surface area contributed by atoms with E-state index in [1.54, 1.807) is 6.08 Å². The molecule has 76 valence electrons. The molecule has 0 rings (SSSR count). The van der Waals surface area contributed by atoms with Crippen LogP contribution in [0.25, 0.3) is 0 Å². The van der Waals surface area contributed by atoms with Crippen molar-refractivity contribution >= 4 is 0 Å². The van der Waals surface area contributed by atoms with Crippen molar-refractivity contribution in [1.29, 1.82) is 0 Å². The quantitative estimate of drug-likeness (QED) is 0.329. The topological polar surface area (TPSA) is 9.23 Å². The second kappa shape index (κ2) is 7.90. The highest BCUT2D eigenvalue weighted by Gasteiger charge is 1.94. The van der Waals surface area contributed by atoms with Crippen molar-refractivity contribution in [3.05, 3.63) is 24.5 Å². The first-order valence-corrected chi connectivity index (χ1v) is 5.09. The lowest BCUT2D eigenvalue weighted by Gasteiger charge is -2.06. The lowest BCUT2D eigenvalue weighted by molar-refractivity contribution is 0.206. The van der Waals surface area contributed by atoms with E-state index in [-0.39, 0.29) is 0 Å². The Balaban J connectivity index is 3.25. The van der Waals surface area contributed by atoms with E-state index in [4.69, 9.17) is 4.74 Å². The van der Waals surface area contributed by atoms with Gasteiger partial charge in [0.15, 0.2) is 0 Å². The van der Waals surface area contributed by atoms with Crippen LogP contribution in [0, 0.1) is 5.92 Å². The Bertz CT molecular complexity index is 157. The fraction of sp³-hybridized carbons (Fsp3) is 0.667. The van der Waals surface area contributed by atoms with Gasteiger partial charge in [-0.1, -0.05) is 32.9 Å². The van der Waals surface area contributed by atoms with Crippen LogP contribution in [-0.4, -0.2) is 6.61 Å². The number of rotatable bonds is 7. The summed E-state index contributed by atoms with van der Waals surface area (Å²) in [7, 11) is 0. The average molecular weight is 182 g/mol. The van der Waals surface area contributed by atoms with Gasteiger partial charge in [-0.3, -0.25) is 0 Å². The summed E-state index contributed by atoms with van der Waals surface area (Å²) in [5, 5.41) is 0. The van der Waals surface area contributed by atoms with Crippen molar-refractivity contribution < 1.29 is 4.74 Å². The van der Waals surface area contributed by atoms with E-state index >= 15 is 0 Å². The molecule has 0 aromatic rings. The summed E-state index contributed by atoms with van der Waals surface area (Å²) < 4.78 is 5.45. The zero-order valence-corrected chi connectivity index (χ0v) is 9.18. The van der Waals surface area contributed by atoms with Crippen LogP contribution < -0.4 is 0 Å². The van der Waals surface area contributed by atoms with Gasteiger partial charge in [0.1, 0.15) is 0 Å². The first kappa shape index (κ1) is 12.3. The highest BCUT2D eigenvalue weighted by molar-refractivity contribution is 5.01. The molecule has 0 aliphatic rings. The van der Waals surface area contributed by atoms with Crippen LogP contribution >= 0.6 is 0 Å². The monoisotopic (exact) mass is 182 g/mol. The molecule has 0 aromatic carbocycles. The number of allylic oxidation sites excluding steroid dienone is 3. The van der Waals surface area contributed by atoms with Crippen molar-refractivity contribution in [1.82, 2.24) is 0 Å². The summed E-state index contributed by atoms with van der Waals surface area (Å²) >= 11 is 0. The van der Waals surface area contributed by atoms with Gasteiger partial charge in [0.2, 0.25) is 0 Å². The molecule has 13 heavy (non-hydrogen) atoms. The fourth-order valence-corrected chi connectivity index (χ4v) is 1.10. The maximum Gasteiger partial charge on any atom is 0.0928 e. The fourth-order valence-electron chi connectivity index (χ4n) is 1.10. The summed E-state index contributed by atoms with van der Waals surface area (Å²) in [5.74, 6) is 1.77. The maximum absolute atomic E-state index is 5.45. The van der Waals surface area contributed by atoms with E-state index in [1.807, 2.05) is 13.0 Å². The molecule has 0 saturated heterocycles. The SMILES string of the molecule is C=C/C=C(\C)OCCCCC(C)C. The van der Waals surface area contributed by atoms with Crippen LogP contribution in [0.1, 0.15) is 40.0 Å². The summed E-state index contributed by atoms with van der Waals surface area (Å²) in [6, 6.07) is 0. The van der Waals surface area contributed by atoms with Gasteiger partial charge in [-0.25, -0.2) is 0 Å². The Labute approximate surface area is 82.5 Å². The van der Waals surface area contributed by atoms with Crippen LogP contribution in [0.5, 0.6) is 0 Å². The van der Waals surface area contributed by atoms with Crippen LogP contribution in [0.2, 0.25) is 0 Å². The molecule has 0 bridgehead atoms. The largest absolute Gasteiger partial charge is 0.498 e. The van der Waals surface area contributed by atoms with E-state index in [2.05, 4.69) is 20.4 Å². The van der Waals surface area contributed by atoms with E-state index in [0.29, 0.717) is 0 Å². The summed E-state index contributed by atoms with van der Waals surface area (Å²) in [5.41, 5.74) is 0. The second-order valence-electron chi connectivity index (χ2n) is 3.75. The molecule has 0 unspecified atom stereocenters. The normalized spacial score (nSPS) is 11.8. The summed E-state index contributed by atoms with van der Waals surface area (Å²) in [4.78, 5) is 0. The number of ether oxygens (including phenoxy) is 1. The molecule has 0 radical (unpaired) electrons. The van der Waals surface area contributed by atoms with E-state index in [0.717, 1.165) is 24.7 Å². The molecule has 0 aliphatic heterocycles. The van der Waals surface area contributed by atoms with E-state index < -0.39 is 0 Å². The van der Waals surface area contributed by atoms with Gasteiger partial charge < -0.3 is 4.74 Å². The standard InChI is InChI=1S/C12H22O/c1-5-8-12(4)13-10-7-6-9-11(2)3/h5,8,11H,1,6-7,9-10H2,2-4H3/b12-8+. The first-order valence-electron chi connectivity index (χ1n) is 5.09. The third-order valence-electron chi connectivity index (χ3n) is 1.86. The minimum absolute atomic E-state index is 0.810. The van der Waals surface area contributed by atoms with Gasteiger partial charge in [0, 0.05) is 0 Å². The zero-order valence-electron chi connectivity index (χ0n) is 9.18. The summed E-state index contributed by atoms with van der Waals surface area (Å²) in [6.07, 6.45) is 7.36. The van der Waals surface area contributed by atoms with Gasteiger partial charge in [0.25, 0.3) is 0 Å². The Kier molecular flexibility index (Phi) is 7.47. The maximum atomic E-state index is 5.45. The molecule has 0 aliphatic carbocycles. The Morgan fingerprint density at radius 1 is 1.38 bits per heavy atom. The third kappa shape index (κ3) is 9.19. The van der Waals surface area contributed by atoms with Crippen LogP contribution in [0.4, 0.5) is 0 Å².